The van der Waals surface area contributed by atoms with Gasteiger partial charge in [0.1, 0.15) is 11.5 Å². The summed E-state index contributed by atoms with van der Waals surface area (Å²) < 4.78 is 5.43. The molecule has 1 aromatic heterocycles. The largest absolute Gasteiger partial charge is 0.446 e. The van der Waals surface area contributed by atoms with Crippen LogP contribution in [0.5, 0.6) is 0 Å². The van der Waals surface area contributed by atoms with Crippen molar-refractivity contribution in [3.05, 3.63) is 17.3 Å². The van der Waals surface area contributed by atoms with Crippen LogP contribution in [0.1, 0.15) is 24.3 Å². The quantitative estimate of drug-likeness (QED) is 0.483. The number of aryl methyl sites for hydroxylation is 1. The zero-order valence-corrected chi connectivity index (χ0v) is 7.92. The molecule has 0 bridgehead atoms. The average Bonchev–Trinajstić information content (AvgIpc) is 2.42. The predicted molar refractivity (Wildman–Crippen MR) is 48.8 cm³/mol. The lowest BCUT2D eigenvalue weighted by molar-refractivity contribution is 0.352. The molecule has 0 radical (unpaired) electrons. The minimum Gasteiger partial charge on any atom is -0.446 e. The monoisotopic (exact) mass is 179 g/mol. The van der Waals surface area contributed by atoms with Crippen LogP contribution in [0.25, 0.3) is 0 Å². The van der Waals surface area contributed by atoms with Gasteiger partial charge >= 0.3 is 0 Å². The highest BCUT2D eigenvalue weighted by atomic mass is 16.4. The first kappa shape index (κ1) is 8.29. The number of hydrogen-bond donors (Lipinski definition) is 1. The fourth-order valence-electron chi connectivity index (χ4n) is 1.61. The number of rotatable bonds is 0. The maximum Gasteiger partial charge on any atom is 0.191 e. The van der Waals surface area contributed by atoms with Gasteiger partial charge in [0.25, 0.3) is 0 Å². The smallest absolute Gasteiger partial charge is 0.191 e. The van der Waals surface area contributed by atoms with Crippen molar-refractivity contribution in [2.24, 2.45) is 0 Å². The van der Waals surface area contributed by atoms with Gasteiger partial charge in [-0.15, -0.1) is 0 Å². The second-order valence-electron chi connectivity index (χ2n) is 3.36. The number of oxazole rings is 1. The zero-order valence-electron chi connectivity index (χ0n) is 7.92. The van der Waals surface area contributed by atoms with Crippen molar-refractivity contribution in [2.75, 3.05) is 6.54 Å². The SMILES string of the molecule is CC(=N)N1CCc2oc(C)nc2C1. The van der Waals surface area contributed by atoms with Gasteiger partial charge in [0.15, 0.2) is 5.89 Å². The second kappa shape index (κ2) is 2.87. The lowest BCUT2D eigenvalue weighted by Gasteiger charge is -2.25. The number of nitrogens with zero attached hydrogens (tertiary/aromatic N) is 2. The van der Waals surface area contributed by atoms with Gasteiger partial charge in [0.2, 0.25) is 0 Å². The Morgan fingerprint density at radius 1 is 1.62 bits per heavy atom. The van der Waals surface area contributed by atoms with E-state index in [2.05, 4.69) is 4.98 Å². The third-order valence-corrected chi connectivity index (χ3v) is 2.31. The van der Waals surface area contributed by atoms with Gasteiger partial charge in [0.05, 0.1) is 12.4 Å². The Kier molecular flexibility index (Phi) is 1.83. The Morgan fingerprint density at radius 2 is 2.38 bits per heavy atom. The summed E-state index contributed by atoms with van der Waals surface area (Å²) in [7, 11) is 0. The molecule has 0 unspecified atom stereocenters. The van der Waals surface area contributed by atoms with Gasteiger partial charge in [-0.05, 0) is 6.92 Å². The molecule has 4 nitrogen and oxygen atoms in total. The summed E-state index contributed by atoms with van der Waals surface area (Å²) in [6, 6.07) is 0. The summed E-state index contributed by atoms with van der Waals surface area (Å²) >= 11 is 0. The maximum absolute atomic E-state index is 7.50. The molecule has 0 saturated carbocycles. The number of fused-ring (bicyclic) bond motifs is 1. The van der Waals surface area contributed by atoms with E-state index in [-0.39, 0.29) is 0 Å². The number of aromatic nitrogens is 1. The molecule has 0 amide bonds. The van der Waals surface area contributed by atoms with Crippen LogP contribution >= 0.6 is 0 Å². The van der Waals surface area contributed by atoms with Crippen molar-refractivity contribution in [3.63, 3.8) is 0 Å². The normalized spacial score (nSPS) is 15.7. The lowest BCUT2D eigenvalue weighted by atomic mass is 10.1. The van der Waals surface area contributed by atoms with Gasteiger partial charge in [-0.25, -0.2) is 4.98 Å². The van der Waals surface area contributed by atoms with E-state index in [4.69, 9.17) is 9.83 Å². The van der Waals surface area contributed by atoms with Gasteiger partial charge in [-0.1, -0.05) is 0 Å². The molecule has 70 valence electrons. The minimum absolute atomic E-state index is 0.603. The molecule has 0 saturated heterocycles. The maximum atomic E-state index is 7.50. The van der Waals surface area contributed by atoms with Gasteiger partial charge in [-0.3, -0.25) is 5.41 Å². The third-order valence-electron chi connectivity index (χ3n) is 2.31. The van der Waals surface area contributed by atoms with Crippen molar-refractivity contribution in [3.8, 4) is 0 Å². The lowest BCUT2D eigenvalue weighted by Crippen LogP contribution is -2.33. The zero-order chi connectivity index (χ0) is 9.42. The number of hydrogen-bond acceptors (Lipinski definition) is 3. The highest BCUT2D eigenvalue weighted by molar-refractivity contribution is 5.76. The van der Waals surface area contributed by atoms with Crippen molar-refractivity contribution in [2.45, 2.75) is 26.8 Å². The van der Waals surface area contributed by atoms with Crippen LogP contribution < -0.4 is 0 Å². The molecule has 2 heterocycles. The Bertz CT molecular complexity index is 343. The van der Waals surface area contributed by atoms with Crippen LogP contribution in [0.4, 0.5) is 0 Å². The van der Waals surface area contributed by atoms with E-state index in [0.29, 0.717) is 5.84 Å². The molecule has 0 spiro atoms. The van der Waals surface area contributed by atoms with Crippen LogP contribution in [0, 0.1) is 12.3 Å². The van der Waals surface area contributed by atoms with Gasteiger partial charge in [0, 0.05) is 19.9 Å². The van der Waals surface area contributed by atoms with Crippen molar-refractivity contribution >= 4 is 5.84 Å². The highest BCUT2D eigenvalue weighted by Crippen LogP contribution is 2.19. The second-order valence-corrected chi connectivity index (χ2v) is 3.36. The van der Waals surface area contributed by atoms with E-state index in [1.165, 1.54) is 0 Å². The van der Waals surface area contributed by atoms with E-state index in [0.717, 1.165) is 36.9 Å². The fourth-order valence-corrected chi connectivity index (χ4v) is 1.61. The summed E-state index contributed by atoms with van der Waals surface area (Å²) in [5, 5.41) is 7.50. The average molecular weight is 179 g/mol. The molecule has 4 heteroatoms. The van der Waals surface area contributed by atoms with Gasteiger partial charge < -0.3 is 9.32 Å². The van der Waals surface area contributed by atoms with Crippen molar-refractivity contribution in [1.82, 2.24) is 9.88 Å². The molecule has 1 aliphatic heterocycles. The van der Waals surface area contributed by atoms with E-state index < -0.39 is 0 Å². The van der Waals surface area contributed by atoms with Crippen LogP contribution in [0.3, 0.4) is 0 Å². The van der Waals surface area contributed by atoms with E-state index >= 15 is 0 Å². The van der Waals surface area contributed by atoms with Gasteiger partial charge in [-0.2, -0.15) is 0 Å². The first-order valence-electron chi connectivity index (χ1n) is 4.42. The van der Waals surface area contributed by atoms with Crippen molar-refractivity contribution in [1.29, 1.82) is 5.41 Å². The van der Waals surface area contributed by atoms with E-state index in [1.807, 2.05) is 11.8 Å². The van der Waals surface area contributed by atoms with E-state index in [9.17, 15) is 0 Å². The van der Waals surface area contributed by atoms with Crippen LogP contribution in [0.15, 0.2) is 4.42 Å². The standard InChI is InChI=1S/C9H13N3O/c1-6(10)12-4-3-9-8(5-12)11-7(2)13-9/h10H,3-5H2,1-2H3. The molecule has 1 aromatic rings. The summed E-state index contributed by atoms with van der Waals surface area (Å²) in [6.45, 7) is 5.26. The Labute approximate surface area is 77.1 Å². The van der Waals surface area contributed by atoms with Crippen LogP contribution in [-0.4, -0.2) is 22.3 Å². The molecule has 0 atom stereocenters. The summed E-state index contributed by atoms with van der Waals surface area (Å²) in [5.41, 5.74) is 0.996. The third kappa shape index (κ3) is 1.43. The molecule has 13 heavy (non-hydrogen) atoms. The summed E-state index contributed by atoms with van der Waals surface area (Å²) in [4.78, 5) is 6.28. The molecular formula is C9H13N3O. The molecule has 0 aromatic carbocycles. The molecular weight excluding hydrogens is 166 g/mol. The number of nitrogens with one attached hydrogen (secondary N) is 1. The minimum atomic E-state index is 0.603. The summed E-state index contributed by atoms with van der Waals surface area (Å²) in [5.74, 6) is 2.33. The highest BCUT2D eigenvalue weighted by Gasteiger charge is 2.21. The predicted octanol–water partition coefficient (Wildman–Crippen LogP) is 1.34. The van der Waals surface area contributed by atoms with E-state index in [1.54, 1.807) is 6.92 Å². The molecule has 0 aliphatic carbocycles. The molecule has 0 fully saturated rings. The Hall–Kier alpha value is -1.32. The first-order valence-corrected chi connectivity index (χ1v) is 4.42. The van der Waals surface area contributed by atoms with Crippen LogP contribution in [0.2, 0.25) is 0 Å². The molecule has 1 N–H and O–H groups in total. The van der Waals surface area contributed by atoms with Crippen LogP contribution in [-0.2, 0) is 13.0 Å². The summed E-state index contributed by atoms with van der Waals surface area (Å²) in [6.07, 6.45) is 0.867. The Balaban J connectivity index is 2.24. The first-order chi connectivity index (χ1) is 6.16. The van der Waals surface area contributed by atoms with Crippen molar-refractivity contribution < 1.29 is 4.42 Å². The molecule has 1 aliphatic rings. The molecule has 2 rings (SSSR count). The topological polar surface area (TPSA) is 53.1 Å². The Morgan fingerprint density at radius 3 is 3.08 bits per heavy atom. The fraction of sp³-hybridized carbons (Fsp3) is 0.556. The number of amidine groups is 1.